The zero-order valence-electron chi connectivity index (χ0n) is 16.5. The number of aromatic nitrogens is 3. The van der Waals surface area contributed by atoms with E-state index in [9.17, 15) is 9.59 Å². The van der Waals surface area contributed by atoms with E-state index in [0.717, 1.165) is 37.9 Å². The van der Waals surface area contributed by atoms with Crippen LogP contribution in [0.25, 0.3) is 11.5 Å². The number of carbonyl (C=O) groups is 2. The lowest BCUT2D eigenvalue weighted by Gasteiger charge is -2.23. The molecule has 2 fully saturated rings. The molecule has 2 amide bonds. The van der Waals surface area contributed by atoms with E-state index in [2.05, 4.69) is 22.1 Å². The third-order valence-electron chi connectivity index (χ3n) is 5.68. The van der Waals surface area contributed by atoms with E-state index in [-0.39, 0.29) is 17.2 Å². The van der Waals surface area contributed by atoms with Crippen molar-refractivity contribution < 1.29 is 14.0 Å². The number of hydrogen-bond donors (Lipinski definition) is 0. The highest BCUT2D eigenvalue weighted by atomic mass is 32.2. The van der Waals surface area contributed by atoms with Crippen LogP contribution in [-0.4, -0.2) is 68.7 Å². The molecule has 2 aromatic heterocycles. The Kier molecular flexibility index (Phi) is 5.84. The molecule has 0 N–H and O–H groups in total. The molecule has 0 radical (unpaired) electrons. The molecule has 0 saturated carbocycles. The number of thioether (sulfide) groups is 1. The van der Waals surface area contributed by atoms with Gasteiger partial charge in [-0.3, -0.25) is 14.6 Å². The van der Waals surface area contributed by atoms with Crippen LogP contribution in [0.1, 0.15) is 32.6 Å². The van der Waals surface area contributed by atoms with E-state index in [1.54, 1.807) is 24.5 Å². The minimum Gasteiger partial charge on any atom is -0.411 e. The molecule has 2 aliphatic rings. The first kappa shape index (κ1) is 19.9. The van der Waals surface area contributed by atoms with Crippen LogP contribution in [0, 0.1) is 5.41 Å². The van der Waals surface area contributed by atoms with Crippen molar-refractivity contribution in [1.29, 1.82) is 0 Å². The van der Waals surface area contributed by atoms with Crippen LogP contribution >= 0.6 is 11.8 Å². The highest BCUT2D eigenvalue weighted by molar-refractivity contribution is 7.99. The number of carbonyl (C=O) groups excluding carboxylic acids is 2. The highest BCUT2D eigenvalue weighted by Crippen LogP contribution is 2.41. The molecule has 4 rings (SSSR count). The maximum Gasteiger partial charge on any atom is 0.276 e. The van der Waals surface area contributed by atoms with Crippen LogP contribution in [0.5, 0.6) is 0 Å². The predicted molar refractivity (Wildman–Crippen MR) is 108 cm³/mol. The number of rotatable bonds is 7. The van der Waals surface area contributed by atoms with Crippen molar-refractivity contribution in [2.75, 3.05) is 31.9 Å². The predicted octanol–water partition coefficient (Wildman–Crippen LogP) is 2.47. The Labute approximate surface area is 174 Å². The fourth-order valence-electron chi connectivity index (χ4n) is 4.10. The highest BCUT2D eigenvalue weighted by Gasteiger charge is 2.51. The molecule has 0 aromatic carbocycles. The standard InChI is InChI=1S/C20H25N5O3S/c1-2-10-24-11-6-20(18(24)27)7-12-25(14-20)16(26)5-13-29-19-23-22-17(28-19)15-3-8-21-9-4-15/h3-4,8-9H,2,5-7,10-14H2,1H3. The number of hydrogen-bond acceptors (Lipinski definition) is 7. The smallest absolute Gasteiger partial charge is 0.276 e. The maximum absolute atomic E-state index is 12.8. The molecule has 1 atom stereocenters. The monoisotopic (exact) mass is 415 g/mol. The van der Waals surface area contributed by atoms with E-state index in [0.29, 0.717) is 36.4 Å². The third-order valence-corrected chi connectivity index (χ3v) is 6.50. The van der Waals surface area contributed by atoms with Crippen molar-refractivity contribution >= 4 is 23.6 Å². The number of nitrogens with zero attached hydrogens (tertiary/aromatic N) is 5. The molecule has 2 aliphatic heterocycles. The Hall–Kier alpha value is -2.42. The van der Waals surface area contributed by atoms with Crippen LogP contribution in [0.2, 0.25) is 0 Å². The van der Waals surface area contributed by atoms with Crippen molar-refractivity contribution in [2.45, 2.75) is 37.8 Å². The van der Waals surface area contributed by atoms with E-state index >= 15 is 0 Å². The number of pyridine rings is 1. The van der Waals surface area contributed by atoms with Crippen molar-refractivity contribution in [2.24, 2.45) is 5.41 Å². The Morgan fingerprint density at radius 1 is 1.24 bits per heavy atom. The number of likely N-dealkylation sites (tertiary alicyclic amines) is 2. The van der Waals surface area contributed by atoms with Gasteiger partial charge in [-0.1, -0.05) is 18.7 Å². The van der Waals surface area contributed by atoms with Crippen LogP contribution < -0.4 is 0 Å². The summed E-state index contributed by atoms with van der Waals surface area (Å²) >= 11 is 1.38. The van der Waals surface area contributed by atoms with Gasteiger partial charge in [-0.15, -0.1) is 10.2 Å². The third kappa shape index (κ3) is 4.14. The minimum atomic E-state index is -0.343. The Morgan fingerprint density at radius 3 is 2.83 bits per heavy atom. The van der Waals surface area contributed by atoms with Crippen molar-refractivity contribution in [1.82, 2.24) is 25.0 Å². The van der Waals surface area contributed by atoms with Gasteiger partial charge in [0.05, 0.1) is 5.41 Å². The summed E-state index contributed by atoms with van der Waals surface area (Å²) in [4.78, 5) is 33.2. The first-order valence-corrected chi connectivity index (χ1v) is 11.0. The molecule has 29 heavy (non-hydrogen) atoms. The average Bonchev–Trinajstić information content (AvgIpc) is 3.46. The summed E-state index contributed by atoms with van der Waals surface area (Å²) in [5.41, 5.74) is 0.473. The summed E-state index contributed by atoms with van der Waals surface area (Å²) in [7, 11) is 0. The van der Waals surface area contributed by atoms with Gasteiger partial charge in [0, 0.05) is 56.3 Å². The second-order valence-electron chi connectivity index (χ2n) is 7.60. The van der Waals surface area contributed by atoms with Gasteiger partial charge >= 0.3 is 0 Å². The second-order valence-corrected chi connectivity index (χ2v) is 8.64. The molecule has 9 heteroatoms. The van der Waals surface area contributed by atoms with Crippen LogP contribution in [0.3, 0.4) is 0 Å². The van der Waals surface area contributed by atoms with E-state index < -0.39 is 0 Å². The molecule has 2 saturated heterocycles. The summed E-state index contributed by atoms with van der Waals surface area (Å²) in [5.74, 6) is 1.33. The lowest BCUT2D eigenvalue weighted by molar-refractivity contribution is -0.136. The summed E-state index contributed by atoms with van der Waals surface area (Å²) in [5, 5.41) is 8.52. The van der Waals surface area contributed by atoms with Gasteiger partial charge in [0.1, 0.15) is 0 Å². The average molecular weight is 416 g/mol. The molecule has 0 aliphatic carbocycles. The van der Waals surface area contributed by atoms with Crippen LogP contribution in [0.15, 0.2) is 34.2 Å². The van der Waals surface area contributed by atoms with Gasteiger partial charge in [-0.25, -0.2) is 0 Å². The molecular formula is C20H25N5O3S. The van der Waals surface area contributed by atoms with Crippen molar-refractivity contribution in [3.8, 4) is 11.5 Å². The van der Waals surface area contributed by atoms with E-state index in [1.807, 2.05) is 9.80 Å². The first-order chi connectivity index (χ1) is 14.1. The van der Waals surface area contributed by atoms with Crippen LogP contribution in [0.4, 0.5) is 0 Å². The maximum atomic E-state index is 12.8. The fraction of sp³-hybridized carbons (Fsp3) is 0.550. The Morgan fingerprint density at radius 2 is 2.03 bits per heavy atom. The minimum absolute atomic E-state index is 0.0880. The Balaban J connectivity index is 1.26. The first-order valence-electron chi connectivity index (χ1n) is 10.1. The molecule has 2 aromatic rings. The molecule has 1 spiro atoms. The lowest BCUT2D eigenvalue weighted by atomic mass is 9.85. The van der Waals surface area contributed by atoms with E-state index in [4.69, 9.17) is 4.42 Å². The van der Waals surface area contributed by atoms with Crippen molar-refractivity contribution in [3.05, 3.63) is 24.5 Å². The summed E-state index contributed by atoms with van der Waals surface area (Å²) < 4.78 is 5.64. The lowest BCUT2D eigenvalue weighted by Crippen LogP contribution is -2.38. The van der Waals surface area contributed by atoms with Gasteiger partial charge in [0.25, 0.3) is 5.22 Å². The van der Waals surface area contributed by atoms with Gasteiger partial charge in [0.2, 0.25) is 17.7 Å². The molecular weight excluding hydrogens is 390 g/mol. The summed E-state index contributed by atoms with van der Waals surface area (Å²) in [6.45, 7) is 4.95. The van der Waals surface area contributed by atoms with Gasteiger partial charge < -0.3 is 14.2 Å². The second kappa shape index (κ2) is 8.52. The van der Waals surface area contributed by atoms with Crippen LogP contribution in [-0.2, 0) is 9.59 Å². The normalized spacial score (nSPS) is 21.5. The van der Waals surface area contributed by atoms with E-state index in [1.165, 1.54) is 11.8 Å². The zero-order chi connectivity index (χ0) is 20.3. The quantitative estimate of drug-likeness (QED) is 0.642. The Bertz CT molecular complexity index is 874. The molecule has 8 nitrogen and oxygen atoms in total. The molecule has 0 bridgehead atoms. The zero-order valence-corrected chi connectivity index (χ0v) is 17.4. The van der Waals surface area contributed by atoms with Crippen molar-refractivity contribution in [3.63, 3.8) is 0 Å². The molecule has 154 valence electrons. The van der Waals surface area contributed by atoms with Gasteiger partial charge in [-0.2, -0.15) is 0 Å². The largest absolute Gasteiger partial charge is 0.411 e. The fourth-order valence-corrected chi connectivity index (χ4v) is 4.79. The molecule has 4 heterocycles. The summed E-state index contributed by atoms with van der Waals surface area (Å²) in [6.07, 6.45) is 6.35. The number of amides is 2. The molecule has 1 unspecified atom stereocenters. The van der Waals surface area contributed by atoms with Gasteiger partial charge in [0.15, 0.2) is 0 Å². The SMILES string of the molecule is CCCN1CCC2(CCN(C(=O)CCSc3nnc(-c4ccncc4)o3)C2)C1=O. The summed E-state index contributed by atoms with van der Waals surface area (Å²) in [6, 6.07) is 3.61. The topological polar surface area (TPSA) is 92.4 Å². The van der Waals surface area contributed by atoms with Gasteiger partial charge in [-0.05, 0) is 31.4 Å².